The Hall–Kier alpha value is -4.96. The lowest BCUT2D eigenvalue weighted by Crippen LogP contribution is -2.34. The lowest BCUT2D eigenvalue weighted by atomic mass is 10.00. The number of carbonyl (C=O) groups excluding carboxylic acids is 3. The molecule has 218 valence electrons. The maximum absolute atomic E-state index is 12.6. The number of benzene rings is 3. The van der Waals surface area contributed by atoms with Crippen LogP contribution in [0, 0.1) is 0 Å². The van der Waals surface area contributed by atoms with Crippen molar-refractivity contribution < 1.29 is 23.9 Å². The number of carbonyl (C=O) groups is 3. The van der Waals surface area contributed by atoms with Gasteiger partial charge in [-0.1, -0.05) is 36.4 Å². The van der Waals surface area contributed by atoms with Crippen LogP contribution >= 0.6 is 0 Å². The molecule has 3 aromatic carbocycles. The molecule has 0 saturated heterocycles. The number of anilines is 2. The summed E-state index contributed by atoms with van der Waals surface area (Å²) in [6.07, 6.45) is 0.984. The smallest absolute Gasteiger partial charge is 0.407 e. The van der Waals surface area contributed by atoms with Crippen molar-refractivity contribution in [3.05, 3.63) is 90.1 Å². The molecule has 0 spiro atoms. The standard InChI is InChI=1S/C32H35N5O5/c1-32(2,3)42-31(40)35-16-18-41-17-15-34-30(39)22-11-9-21(10-12-22)23-13-14-27-25(19-23)28(26(20-36-27)29(33)38)37-24-7-5-4-6-8-24/h4-14,19-20H,15-18H2,1-3H3,(H2,33,38)(H,34,39)(H,35,40)(H,36,37). The molecular weight excluding hydrogens is 534 g/mol. The highest BCUT2D eigenvalue weighted by atomic mass is 16.6. The third-order valence-electron chi connectivity index (χ3n) is 6.10. The Balaban J connectivity index is 1.36. The highest BCUT2D eigenvalue weighted by molar-refractivity contribution is 6.08. The van der Waals surface area contributed by atoms with E-state index in [2.05, 4.69) is 20.9 Å². The number of alkyl carbamates (subject to hydrolysis) is 1. The number of para-hydroxylation sites is 1. The summed E-state index contributed by atoms with van der Waals surface area (Å²) in [5.74, 6) is -0.799. The van der Waals surface area contributed by atoms with Crippen LogP contribution in [0.2, 0.25) is 0 Å². The molecular formula is C32H35N5O5. The van der Waals surface area contributed by atoms with E-state index in [0.717, 1.165) is 22.2 Å². The number of primary amides is 1. The van der Waals surface area contributed by atoms with Gasteiger partial charge in [-0.25, -0.2) is 4.79 Å². The molecule has 0 saturated carbocycles. The number of ether oxygens (including phenoxy) is 2. The zero-order chi connectivity index (χ0) is 30.1. The number of nitrogens with zero attached hydrogens (tertiary/aromatic N) is 1. The Kier molecular flexibility index (Phi) is 9.72. The molecule has 0 aliphatic carbocycles. The average Bonchev–Trinajstić information content (AvgIpc) is 2.96. The van der Waals surface area contributed by atoms with Crippen molar-refractivity contribution >= 4 is 40.2 Å². The fourth-order valence-corrected chi connectivity index (χ4v) is 4.15. The summed E-state index contributed by atoms with van der Waals surface area (Å²) in [5.41, 5.74) is 9.80. The maximum Gasteiger partial charge on any atom is 0.407 e. The molecule has 10 heteroatoms. The summed E-state index contributed by atoms with van der Waals surface area (Å²) in [7, 11) is 0. The van der Waals surface area contributed by atoms with Gasteiger partial charge >= 0.3 is 6.09 Å². The predicted octanol–water partition coefficient (Wildman–Crippen LogP) is 5.02. The van der Waals surface area contributed by atoms with Crippen LogP contribution in [0.4, 0.5) is 16.2 Å². The SMILES string of the molecule is CC(C)(C)OC(=O)NCCOCCNC(=O)c1ccc(-c2ccc3ncc(C(N)=O)c(Nc4ccccc4)c3c2)cc1. The number of fused-ring (bicyclic) bond motifs is 1. The minimum absolute atomic E-state index is 0.222. The Bertz CT molecular complexity index is 1550. The summed E-state index contributed by atoms with van der Waals surface area (Å²) in [5, 5.41) is 9.50. The molecule has 5 N–H and O–H groups in total. The summed E-state index contributed by atoms with van der Waals surface area (Å²) >= 11 is 0. The minimum atomic E-state index is -0.577. The van der Waals surface area contributed by atoms with Crippen LogP contribution in [-0.4, -0.2) is 54.8 Å². The lowest BCUT2D eigenvalue weighted by molar-refractivity contribution is 0.0500. The zero-order valence-electron chi connectivity index (χ0n) is 23.9. The van der Waals surface area contributed by atoms with Crippen molar-refractivity contribution in [2.75, 3.05) is 31.6 Å². The van der Waals surface area contributed by atoms with Gasteiger partial charge in [-0.05, 0) is 68.3 Å². The first-order chi connectivity index (χ1) is 20.1. The van der Waals surface area contributed by atoms with Crippen LogP contribution in [0.25, 0.3) is 22.0 Å². The second-order valence-corrected chi connectivity index (χ2v) is 10.5. The molecule has 4 rings (SSSR count). The molecule has 0 unspecified atom stereocenters. The molecule has 0 fully saturated rings. The first kappa shape index (κ1) is 30.0. The molecule has 42 heavy (non-hydrogen) atoms. The Morgan fingerprint density at radius 3 is 2.19 bits per heavy atom. The van der Waals surface area contributed by atoms with E-state index < -0.39 is 17.6 Å². The minimum Gasteiger partial charge on any atom is -0.444 e. The van der Waals surface area contributed by atoms with Crippen LogP contribution in [-0.2, 0) is 9.47 Å². The summed E-state index contributed by atoms with van der Waals surface area (Å²) in [4.78, 5) is 40.8. The number of nitrogens with one attached hydrogen (secondary N) is 3. The highest BCUT2D eigenvalue weighted by Crippen LogP contribution is 2.32. The molecule has 1 aromatic heterocycles. The summed E-state index contributed by atoms with van der Waals surface area (Å²) in [6.45, 7) is 6.62. The van der Waals surface area contributed by atoms with Crippen LogP contribution in [0.1, 0.15) is 41.5 Å². The number of nitrogens with two attached hydrogens (primary N) is 1. The van der Waals surface area contributed by atoms with Gasteiger partial charge in [0.25, 0.3) is 11.8 Å². The van der Waals surface area contributed by atoms with E-state index in [9.17, 15) is 14.4 Å². The van der Waals surface area contributed by atoms with Gasteiger partial charge in [-0.15, -0.1) is 0 Å². The number of pyridine rings is 1. The molecule has 10 nitrogen and oxygen atoms in total. The fraction of sp³-hybridized carbons (Fsp3) is 0.250. The summed E-state index contributed by atoms with van der Waals surface area (Å²) < 4.78 is 10.6. The molecule has 0 aliphatic heterocycles. The highest BCUT2D eigenvalue weighted by Gasteiger charge is 2.16. The predicted molar refractivity (Wildman–Crippen MR) is 163 cm³/mol. The van der Waals surface area contributed by atoms with E-state index in [1.807, 2.05) is 60.7 Å². The molecule has 0 radical (unpaired) electrons. The van der Waals surface area contributed by atoms with Gasteiger partial charge in [-0.2, -0.15) is 0 Å². The van der Waals surface area contributed by atoms with Gasteiger partial charge in [0.1, 0.15) is 5.60 Å². The first-order valence-electron chi connectivity index (χ1n) is 13.6. The van der Waals surface area contributed by atoms with Gasteiger partial charge in [0.15, 0.2) is 0 Å². The largest absolute Gasteiger partial charge is 0.444 e. The zero-order valence-corrected chi connectivity index (χ0v) is 23.9. The third kappa shape index (κ3) is 8.28. The lowest BCUT2D eigenvalue weighted by Gasteiger charge is -2.19. The van der Waals surface area contributed by atoms with Crippen LogP contribution in [0.15, 0.2) is 79.0 Å². The number of aromatic nitrogens is 1. The maximum atomic E-state index is 12.6. The van der Waals surface area contributed by atoms with Crippen molar-refractivity contribution in [2.45, 2.75) is 26.4 Å². The molecule has 0 bridgehead atoms. The van der Waals surface area contributed by atoms with Gasteiger partial charge < -0.3 is 31.2 Å². The normalized spacial score (nSPS) is 11.1. The van der Waals surface area contributed by atoms with E-state index in [1.54, 1.807) is 32.9 Å². The third-order valence-corrected chi connectivity index (χ3v) is 6.10. The fourth-order valence-electron chi connectivity index (χ4n) is 4.15. The van der Waals surface area contributed by atoms with Crippen molar-refractivity contribution in [1.82, 2.24) is 15.6 Å². The van der Waals surface area contributed by atoms with Crippen molar-refractivity contribution in [1.29, 1.82) is 0 Å². The Labute approximate surface area is 244 Å². The van der Waals surface area contributed by atoms with Crippen LogP contribution in [0.5, 0.6) is 0 Å². The first-order valence-corrected chi connectivity index (χ1v) is 13.6. The van der Waals surface area contributed by atoms with E-state index in [-0.39, 0.29) is 5.91 Å². The van der Waals surface area contributed by atoms with E-state index in [4.69, 9.17) is 15.2 Å². The van der Waals surface area contributed by atoms with Crippen molar-refractivity contribution in [3.63, 3.8) is 0 Å². The van der Waals surface area contributed by atoms with Crippen molar-refractivity contribution in [2.24, 2.45) is 5.73 Å². The molecule has 0 aliphatic rings. The second kappa shape index (κ2) is 13.6. The Morgan fingerprint density at radius 1 is 0.857 bits per heavy atom. The van der Waals surface area contributed by atoms with E-state index in [1.165, 1.54) is 6.20 Å². The van der Waals surface area contributed by atoms with Crippen LogP contribution < -0.4 is 21.7 Å². The van der Waals surface area contributed by atoms with Crippen molar-refractivity contribution in [3.8, 4) is 11.1 Å². The Morgan fingerprint density at radius 2 is 1.52 bits per heavy atom. The van der Waals surface area contributed by atoms with Gasteiger partial charge in [0, 0.05) is 35.9 Å². The van der Waals surface area contributed by atoms with E-state index in [0.29, 0.717) is 48.6 Å². The average molecular weight is 570 g/mol. The molecule has 4 aromatic rings. The van der Waals surface area contributed by atoms with E-state index >= 15 is 0 Å². The van der Waals surface area contributed by atoms with Gasteiger partial charge in [0.2, 0.25) is 0 Å². The molecule has 3 amide bonds. The van der Waals surface area contributed by atoms with Gasteiger partial charge in [0.05, 0.1) is 30.0 Å². The number of amides is 3. The topological polar surface area (TPSA) is 145 Å². The number of rotatable bonds is 11. The second-order valence-electron chi connectivity index (χ2n) is 10.5. The number of hydrogen-bond acceptors (Lipinski definition) is 7. The quantitative estimate of drug-likeness (QED) is 0.186. The molecule has 1 heterocycles. The molecule has 0 atom stereocenters. The monoisotopic (exact) mass is 569 g/mol. The summed E-state index contributed by atoms with van der Waals surface area (Å²) in [6, 6.07) is 22.5. The number of hydrogen-bond donors (Lipinski definition) is 4. The van der Waals surface area contributed by atoms with Gasteiger partial charge in [-0.3, -0.25) is 14.6 Å². The van der Waals surface area contributed by atoms with Crippen LogP contribution in [0.3, 0.4) is 0 Å².